The van der Waals surface area contributed by atoms with Crippen molar-refractivity contribution in [2.75, 3.05) is 6.61 Å². The van der Waals surface area contributed by atoms with Crippen LogP contribution in [0.25, 0.3) is 0 Å². The monoisotopic (exact) mass is 306 g/mol. The molecule has 0 unspecified atom stereocenters. The highest BCUT2D eigenvalue weighted by Gasteiger charge is 2.54. The molecular weight excluding hydrogens is 284 g/mol. The summed E-state index contributed by atoms with van der Waals surface area (Å²) in [6.07, 6.45) is 9.11. The first-order chi connectivity index (χ1) is 10.2. The van der Waals surface area contributed by atoms with Crippen LogP contribution >= 0.6 is 11.3 Å². The summed E-state index contributed by atoms with van der Waals surface area (Å²) in [5.74, 6) is 2.41. The van der Waals surface area contributed by atoms with Gasteiger partial charge in [-0.3, -0.25) is 4.79 Å². The zero-order chi connectivity index (χ0) is 14.4. The number of aliphatic hydroxyl groups excluding tert-OH is 1. The van der Waals surface area contributed by atoms with E-state index in [0.717, 1.165) is 41.8 Å². The van der Waals surface area contributed by atoms with Gasteiger partial charge in [-0.2, -0.15) is 4.99 Å². The smallest absolute Gasteiger partial charge is 0.254 e. The Labute approximate surface area is 128 Å². The van der Waals surface area contributed by atoms with Crippen LogP contribution in [0.15, 0.2) is 16.6 Å². The van der Waals surface area contributed by atoms with Gasteiger partial charge in [0.25, 0.3) is 5.91 Å². The van der Waals surface area contributed by atoms with Crippen molar-refractivity contribution in [3.05, 3.63) is 16.4 Å². The number of aromatic nitrogens is 1. The summed E-state index contributed by atoms with van der Waals surface area (Å²) < 4.78 is 1.88. The normalized spacial score (nSPS) is 38.1. The van der Waals surface area contributed by atoms with Gasteiger partial charge in [-0.05, 0) is 56.3 Å². The molecule has 0 spiro atoms. The van der Waals surface area contributed by atoms with Gasteiger partial charge in [-0.15, -0.1) is 11.3 Å². The SMILES string of the molecule is O=C(/N=c1\sccn1CCO)C12CC3CC(CC(C3)C1)C2. The highest BCUT2D eigenvalue weighted by Crippen LogP contribution is 2.60. The summed E-state index contributed by atoms with van der Waals surface area (Å²) in [5, 5.41) is 11.0. The van der Waals surface area contributed by atoms with Gasteiger partial charge in [0.2, 0.25) is 0 Å². The zero-order valence-corrected chi connectivity index (χ0v) is 13.0. The Hall–Kier alpha value is -0.940. The Balaban J connectivity index is 1.64. The van der Waals surface area contributed by atoms with Crippen molar-refractivity contribution in [1.29, 1.82) is 0 Å². The lowest BCUT2D eigenvalue weighted by Gasteiger charge is -2.55. The van der Waals surface area contributed by atoms with Crippen LogP contribution in [-0.2, 0) is 11.3 Å². The second-order valence-electron chi connectivity index (χ2n) is 7.22. The van der Waals surface area contributed by atoms with E-state index < -0.39 is 0 Å². The van der Waals surface area contributed by atoms with E-state index in [2.05, 4.69) is 4.99 Å². The first-order valence-electron chi connectivity index (χ1n) is 8.02. The van der Waals surface area contributed by atoms with Crippen molar-refractivity contribution >= 4 is 17.2 Å². The Bertz CT molecular complexity index is 581. The van der Waals surface area contributed by atoms with Crippen LogP contribution in [0.4, 0.5) is 0 Å². The number of thiazole rings is 1. The molecule has 4 bridgehead atoms. The molecule has 1 amide bonds. The summed E-state index contributed by atoms with van der Waals surface area (Å²) in [7, 11) is 0. The third-order valence-corrected chi connectivity index (χ3v) is 6.48. The van der Waals surface area contributed by atoms with Gasteiger partial charge >= 0.3 is 0 Å². The van der Waals surface area contributed by atoms with Gasteiger partial charge < -0.3 is 9.67 Å². The van der Waals surface area contributed by atoms with Crippen LogP contribution in [0.3, 0.4) is 0 Å². The van der Waals surface area contributed by atoms with Gasteiger partial charge in [0.1, 0.15) is 0 Å². The fourth-order valence-corrected chi connectivity index (χ4v) is 6.00. The number of hydrogen-bond acceptors (Lipinski definition) is 3. The van der Waals surface area contributed by atoms with Crippen molar-refractivity contribution in [1.82, 2.24) is 4.57 Å². The fourth-order valence-electron chi connectivity index (χ4n) is 5.24. The van der Waals surface area contributed by atoms with E-state index >= 15 is 0 Å². The lowest BCUT2D eigenvalue weighted by atomic mass is 9.49. The van der Waals surface area contributed by atoms with Crippen molar-refractivity contribution in [2.45, 2.75) is 45.1 Å². The third kappa shape index (κ3) is 2.30. The summed E-state index contributed by atoms with van der Waals surface area (Å²) in [6.45, 7) is 0.589. The van der Waals surface area contributed by atoms with Crippen LogP contribution < -0.4 is 4.80 Å². The number of rotatable bonds is 3. The molecule has 1 aromatic rings. The largest absolute Gasteiger partial charge is 0.395 e. The number of nitrogens with zero attached hydrogens (tertiary/aromatic N) is 2. The Morgan fingerprint density at radius 2 is 1.90 bits per heavy atom. The molecule has 4 fully saturated rings. The molecule has 1 N–H and O–H groups in total. The average Bonchev–Trinajstić information content (AvgIpc) is 2.85. The molecule has 0 aromatic carbocycles. The summed E-state index contributed by atoms with van der Waals surface area (Å²) in [4.78, 5) is 18.1. The van der Waals surface area contributed by atoms with Gasteiger partial charge in [0, 0.05) is 18.1 Å². The van der Waals surface area contributed by atoms with Crippen molar-refractivity contribution in [3.63, 3.8) is 0 Å². The zero-order valence-electron chi connectivity index (χ0n) is 12.2. The average molecular weight is 306 g/mol. The van der Waals surface area contributed by atoms with Gasteiger partial charge in [-0.1, -0.05) is 0 Å². The van der Waals surface area contributed by atoms with E-state index in [0.29, 0.717) is 6.54 Å². The predicted octanol–water partition coefficient (Wildman–Crippen LogP) is 2.19. The van der Waals surface area contributed by atoms with Gasteiger partial charge in [-0.25, -0.2) is 0 Å². The first-order valence-corrected chi connectivity index (χ1v) is 8.90. The molecule has 4 aliphatic rings. The molecule has 0 radical (unpaired) electrons. The molecule has 4 nitrogen and oxygen atoms in total. The molecule has 21 heavy (non-hydrogen) atoms. The molecule has 5 rings (SSSR count). The molecular formula is C16H22N2O2S. The number of aliphatic hydroxyl groups is 1. The van der Waals surface area contributed by atoms with E-state index in [1.807, 2.05) is 16.1 Å². The third-order valence-electron chi connectivity index (χ3n) is 5.69. The number of carbonyl (C=O) groups is 1. The Kier molecular flexibility index (Phi) is 3.30. The Morgan fingerprint density at radius 1 is 1.29 bits per heavy atom. The molecule has 0 aliphatic heterocycles. The Morgan fingerprint density at radius 3 is 2.48 bits per heavy atom. The van der Waals surface area contributed by atoms with Crippen molar-refractivity contribution < 1.29 is 9.90 Å². The van der Waals surface area contributed by atoms with Crippen LogP contribution in [0, 0.1) is 23.2 Å². The molecule has 4 saturated carbocycles. The molecule has 0 atom stereocenters. The molecule has 5 heteroatoms. The molecule has 1 heterocycles. The maximum Gasteiger partial charge on any atom is 0.254 e. The van der Waals surface area contributed by atoms with Crippen LogP contribution in [0.2, 0.25) is 0 Å². The minimum Gasteiger partial charge on any atom is -0.395 e. The van der Waals surface area contributed by atoms with Crippen LogP contribution in [0.5, 0.6) is 0 Å². The second kappa shape index (κ2) is 5.06. The first kappa shape index (κ1) is 13.7. The quantitative estimate of drug-likeness (QED) is 0.930. The van der Waals surface area contributed by atoms with Crippen LogP contribution in [-0.4, -0.2) is 22.2 Å². The van der Waals surface area contributed by atoms with E-state index in [4.69, 9.17) is 5.11 Å². The molecule has 4 aliphatic carbocycles. The van der Waals surface area contributed by atoms with E-state index in [1.165, 1.54) is 30.6 Å². The minimum atomic E-state index is -0.157. The standard InChI is InChI=1S/C16H22N2O2S/c19-3-1-18-2-4-21-15(18)17-14(20)16-8-11-5-12(9-16)7-13(6-11)10-16/h2,4,11-13,19H,1,3,5-10H2/b17-15-. The van der Waals surface area contributed by atoms with Gasteiger partial charge in [0.05, 0.1) is 12.0 Å². The molecule has 1 aromatic heterocycles. The predicted molar refractivity (Wildman–Crippen MR) is 80.6 cm³/mol. The summed E-state index contributed by atoms with van der Waals surface area (Å²) in [5.41, 5.74) is -0.157. The number of amides is 1. The number of hydrogen-bond donors (Lipinski definition) is 1. The molecule has 0 saturated heterocycles. The summed E-state index contributed by atoms with van der Waals surface area (Å²) >= 11 is 1.49. The second-order valence-corrected chi connectivity index (χ2v) is 8.09. The maximum atomic E-state index is 12.9. The summed E-state index contributed by atoms with van der Waals surface area (Å²) in [6, 6.07) is 0. The van der Waals surface area contributed by atoms with Gasteiger partial charge in [0.15, 0.2) is 4.80 Å². The maximum absolute atomic E-state index is 12.9. The van der Waals surface area contributed by atoms with Crippen LogP contribution in [0.1, 0.15) is 38.5 Å². The van der Waals surface area contributed by atoms with Crippen molar-refractivity contribution in [2.24, 2.45) is 28.2 Å². The van der Waals surface area contributed by atoms with E-state index in [1.54, 1.807) is 0 Å². The van der Waals surface area contributed by atoms with E-state index in [-0.39, 0.29) is 17.9 Å². The topological polar surface area (TPSA) is 54.6 Å². The fraction of sp³-hybridized carbons (Fsp3) is 0.750. The van der Waals surface area contributed by atoms with Crippen molar-refractivity contribution in [3.8, 4) is 0 Å². The molecule has 114 valence electrons. The lowest BCUT2D eigenvalue weighted by Crippen LogP contribution is -2.49. The minimum absolute atomic E-state index is 0.0788. The lowest BCUT2D eigenvalue weighted by molar-refractivity contribution is -0.142. The highest BCUT2D eigenvalue weighted by molar-refractivity contribution is 7.07. The van der Waals surface area contributed by atoms with E-state index in [9.17, 15) is 4.79 Å². The highest BCUT2D eigenvalue weighted by atomic mass is 32.1. The number of carbonyl (C=O) groups excluding carboxylic acids is 1.